The van der Waals surface area contributed by atoms with Crippen LogP contribution >= 0.6 is 7.75 Å². The van der Waals surface area contributed by atoms with Crippen molar-refractivity contribution in [3.8, 4) is 5.75 Å². The number of nitrogens with one attached hydrogen (secondary N) is 1. The van der Waals surface area contributed by atoms with Gasteiger partial charge in [0, 0.05) is 38.8 Å². The second kappa shape index (κ2) is 13.8. The number of hydrogen-bond donors (Lipinski definition) is 1. The molecule has 0 spiro atoms. The smallest absolute Gasteiger partial charge is 0.413 e. The molecule has 0 radical (unpaired) electrons. The SMILES string of the molecule is O=c1c(F)cn([C@H]2CCCO2)c(=O)n1CCOP(=O)(NCCC[Si]12OCCN(CCO1)CCO2)Oc1ccccc1. The van der Waals surface area contributed by atoms with E-state index in [1.807, 2.05) is 0 Å². The molecule has 4 fully saturated rings. The van der Waals surface area contributed by atoms with Crippen LogP contribution in [0.2, 0.25) is 6.04 Å². The number of hydrogen-bond acceptors (Lipinski definition) is 10. The summed E-state index contributed by atoms with van der Waals surface area (Å²) in [7, 11) is -6.84. The van der Waals surface area contributed by atoms with E-state index in [0.29, 0.717) is 55.6 Å². The highest BCUT2D eigenvalue weighted by molar-refractivity contribution is 7.52. The Labute approximate surface area is 238 Å². The van der Waals surface area contributed by atoms with Gasteiger partial charge in [-0.25, -0.2) is 14.4 Å². The van der Waals surface area contributed by atoms with Gasteiger partial charge in [-0.3, -0.25) is 23.4 Å². The van der Waals surface area contributed by atoms with Gasteiger partial charge in [0.25, 0.3) is 5.56 Å². The third kappa shape index (κ3) is 7.80. The molecular formula is C25H36FN4O9PSi. The summed E-state index contributed by atoms with van der Waals surface area (Å²) in [4.78, 5) is 27.6. The molecule has 2 atom stereocenters. The Morgan fingerprint density at radius 1 is 1.05 bits per heavy atom. The Morgan fingerprint density at radius 3 is 2.41 bits per heavy atom. The number of fused-ring (bicyclic) bond motifs is 6. The molecule has 0 saturated carbocycles. The minimum absolute atomic E-state index is 0.229. The van der Waals surface area contributed by atoms with Crippen LogP contribution in [0, 0.1) is 5.82 Å². The van der Waals surface area contributed by atoms with Crippen molar-refractivity contribution in [3.63, 3.8) is 0 Å². The van der Waals surface area contributed by atoms with Crippen molar-refractivity contribution in [1.82, 2.24) is 19.1 Å². The van der Waals surface area contributed by atoms with Gasteiger partial charge >= 0.3 is 22.2 Å². The number of para-hydroxylation sites is 1. The van der Waals surface area contributed by atoms with Gasteiger partial charge in [0.05, 0.1) is 39.2 Å². The average Bonchev–Trinajstić information content (AvgIpc) is 3.46. The predicted octanol–water partition coefficient (Wildman–Crippen LogP) is 1.96. The van der Waals surface area contributed by atoms with Crippen LogP contribution in [0.1, 0.15) is 25.5 Å². The zero-order valence-corrected chi connectivity index (χ0v) is 24.7. The zero-order chi connectivity index (χ0) is 28.7. The van der Waals surface area contributed by atoms with E-state index in [4.69, 9.17) is 27.1 Å². The number of aromatic nitrogens is 2. The molecule has 4 aliphatic rings. The number of halogens is 1. The van der Waals surface area contributed by atoms with E-state index in [2.05, 4.69) is 9.99 Å². The second-order valence-corrected chi connectivity index (χ2v) is 14.4. The van der Waals surface area contributed by atoms with Crippen LogP contribution in [0.4, 0.5) is 4.39 Å². The lowest BCUT2D eigenvalue weighted by molar-refractivity contribution is -0.00848. The molecule has 2 aromatic rings. The van der Waals surface area contributed by atoms with Crippen molar-refractivity contribution in [3.05, 3.63) is 63.2 Å². The third-order valence-corrected chi connectivity index (χ3v) is 11.6. The van der Waals surface area contributed by atoms with Crippen LogP contribution < -0.4 is 20.9 Å². The van der Waals surface area contributed by atoms with Crippen LogP contribution in [0.25, 0.3) is 0 Å². The lowest BCUT2D eigenvalue weighted by atomic mass is 10.3. The molecule has 4 saturated heterocycles. The standard InChI is InChI=1S/C25H36FN4O9PSi/c26-22-20-30(23-8-4-14-34-23)25(32)29(24(22)31)13-15-35-40(33,39-21-6-2-1-3-7-21)27-9-5-19-41-36-16-10-28(11-17-37-41)12-18-38-41/h1-3,6-7,20,23H,4-5,8-19H2,(H,27,33)/t23-,40?/m1/s1. The van der Waals surface area contributed by atoms with Gasteiger partial charge in [-0.05, 0) is 31.4 Å². The minimum Gasteiger partial charge on any atom is -0.413 e. The molecular weight excluding hydrogens is 578 g/mol. The Kier molecular flexibility index (Phi) is 10.2. The fourth-order valence-electron chi connectivity index (χ4n) is 4.94. The summed E-state index contributed by atoms with van der Waals surface area (Å²) >= 11 is 0. The lowest BCUT2D eigenvalue weighted by Gasteiger charge is -2.38. The molecule has 13 nitrogen and oxygen atoms in total. The summed E-state index contributed by atoms with van der Waals surface area (Å²) in [5.74, 6) is -0.784. The van der Waals surface area contributed by atoms with Crippen molar-refractivity contribution in [2.24, 2.45) is 0 Å². The number of nitrogens with zero attached hydrogens (tertiary/aromatic N) is 3. The number of benzene rings is 1. The molecule has 0 aliphatic carbocycles. The molecule has 16 heteroatoms. The van der Waals surface area contributed by atoms with E-state index < -0.39 is 39.8 Å². The molecule has 5 heterocycles. The molecule has 4 aliphatic heterocycles. The van der Waals surface area contributed by atoms with E-state index in [0.717, 1.165) is 36.8 Å². The number of rotatable bonds is 12. The van der Waals surface area contributed by atoms with Crippen molar-refractivity contribution in [2.45, 2.75) is 38.1 Å². The fraction of sp³-hybridized carbons (Fsp3) is 0.600. The highest BCUT2D eigenvalue weighted by atomic mass is 31.2. The molecule has 226 valence electrons. The first kappa shape index (κ1) is 30.3. The van der Waals surface area contributed by atoms with Gasteiger partial charge in [-0.15, -0.1) is 0 Å². The van der Waals surface area contributed by atoms with Gasteiger partial charge in [0.2, 0.25) is 5.82 Å². The fourth-order valence-corrected chi connectivity index (χ4v) is 8.80. The summed E-state index contributed by atoms with van der Waals surface area (Å²) in [6.07, 6.45) is 1.98. The predicted molar refractivity (Wildman–Crippen MR) is 147 cm³/mol. The molecule has 1 unspecified atom stereocenters. The molecule has 41 heavy (non-hydrogen) atoms. The van der Waals surface area contributed by atoms with Crippen LogP contribution in [-0.2, 0) is 33.6 Å². The third-order valence-electron chi connectivity index (χ3n) is 7.07. The summed E-state index contributed by atoms with van der Waals surface area (Å²) in [5, 5.41) is 2.86. The van der Waals surface area contributed by atoms with E-state index in [-0.39, 0.29) is 19.7 Å². The normalized spacial score (nSPS) is 26.2. The monoisotopic (exact) mass is 614 g/mol. The highest BCUT2D eigenvalue weighted by Gasteiger charge is 2.43. The molecule has 6 rings (SSSR count). The Morgan fingerprint density at radius 2 is 1.76 bits per heavy atom. The molecule has 1 aromatic carbocycles. The highest BCUT2D eigenvalue weighted by Crippen LogP contribution is 2.44. The van der Waals surface area contributed by atoms with Crippen LogP contribution in [0.3, 0.4) is 0 Å². The maximum atomic E-state index is 14.4. The minimum atomic E-state index is -3.97. The number of ether oxygens (including phenoxy) is 1. The zero-order valence-electron chi connectivity index (χ0n) is 22.8. The van der Waals surface area contributed by atoms with Crippen molar-refractivity contribution < 1.29 is 36.0 Å². The summed E-state index contributed by atoms with van der Waals surface area (Å²) in [6.45, 7) is 4.08. The first-order valence-electron chi connectivity index (χ1n) is 13.9. The van der Waals surface area contributed by atoms with Gasteiger partial charge < -0.3 is 22.5 Å². The topological polar surface area (TPSA) is 132 Å². The quantitative estimate of drug-likeness (QED) is 0.214. The first-order chi connectivity index (χ1) is 19.9. The molecule has 1 aromatic heterocycles. The van der Waals surface area contributed by atoms with Crippen LogP contribution in [0.15, 0.2) is 46.1 Å². The lowest BCUT2D eigenvalue weighted by Crippen LogP contribution is -2.55. The maximum absolute atomic E-state index is 14.4. The van der Waals surface area contributed by atoms with E-state index in [1.54, 1.807) is 30.3 Å². The van der Waals surface area contributed by atoms with Gasteiger partial charge in [-0.2, -0.15) is 4.39 Å². The molecule has 0 amide bonds. The van der Waals surface area contributed by atoms with Gasteiger partial charge in [-0.1, -0.05) is 18.2 Å². The molecule has 1 N–H and O–H groups in total. The van der Waals surface area contributed by atoms with Crippen LogP contribution in [-0.4, -0.2) is 82.1 Å². The van der Waals surface area contributed by atoms with E-state index >= 15 is 0 Å². The van der Waals surface area contributed by atoms with Gasteiger partial charge in [0.15, 0.2) is 0 Å². The maximum Gasteiger partial charge on any atom is 0.501 e. The Balaban J connectivity index is 1.23. The average molecular weight is 615 g/mol. The largest absolute Gasteiger partial charge is 0.501 e. The molecule has 2 bridgehead atoms. The van der Waals surface area contributed by atoms with Crippen LogP contribution in [0.5, 0.6) is 5.75 Å². The summed E-state index contributed by atoms with van der Waals surface area (Å²) in [6, 6.07) is 9.01. The Bertz CT molecular complexity index is 1300. The van der Waals surface area contributed by atoms with Crippen molar-refractivity contribution in [2.75, 3.05) is 59.2 Å². The van der Waals surface area contributed by atoms with Gasteiger partial charge in [0.1, 0.15) is 12.0 Å². The summed E-state index contributed by atoms with van der Waals surface area (Å²) in [5.41, 5.74) is -1.82. The van der Waals surface area contributed by atoms with E-state index in [1.165, 1.54) is 0 Å². The van der Waals surface area contributed by atoms with E-state index in [9.17, 15) is 18.5 Å². The second-order valence-electron chi connectivity index (χ2n) is 9.91. The summed E-state index contributed by atoms with van der Waals surface area (Å²) < 4.78 is 64.9. The Hall–Kier alpha value is -2.20. The first-order valence-corrected chi connectivity index (χ1v) is 17.4. The van der Waals surface area contributed by atoms with Crippen molar-refractivity contribution >= 4 is 16.6 Å². The van der Waals surface area contributed by atoms with Crippen molar-refractivity contribution in [1.29, 1.82) is 0 Å².